The van der Waals surface area contributed by atoms with Crippen molar-refractivity contribution in [3.05, 3.63) is 48.5 Å². The van der Waals surface area contributed by atoms with Crippen LogP contribution in [0.4, 0.5) is 21.9 Å². The van der Waals surface area contributed by atoms with E-state index in [1.54, 1.807) is 48.5 Å². The Morgan fingerprint density at radius 2 is 1.44 bits per heavy atom. The van der Waals surface area contributed by atoms with Crippen molar-refractivity contribution >= 4 is 34.0 Å². The molecule has 0 aliphatic heterocycles. The maximum atomic E-state index is 12.0. The quantitative estimate of drug-likeness (QED) is 0.427. The van der Waals surface area contributed by atoms with Gasteiger partial charge in [0.1, 0.15) is 5.75 Å². The van der Waals surface area contributed by atoms with E-state index in [1.165, 1.54) is 0 Å². The summed E-state index contributed by atoms with van der Waals surface area (Å²) in [5.41, 5.74) is 1.62. The second kappa shape index (κ2) is 9.53. The average Bonchev–Trinajstić information content (AvgIpc) is 2.58. The van der Waals surface area contributed by atoms with Gasteiger partial charge in [-0.2, -0.15) is 0 Å². The topological polar surface area (TPSA) is 96.5 Å². The number of thiol groups is 1. The SMILES string of the molecule is CCCCOc1ccc(NC(=O)Nc2ccc(N[SH](=O)=O)cc2)cc1. The molecular weight excluding hydrogens is 342 g/mol. The van der Waals surface area contributed by atoms with Crippen LogP contribution in [-0.4, -0.2) is 21.1 Å². The molecule has 0 saturated carbocycles. The number of amides is 2. The van der Waals surface area contributed by atoms with E-state index in [0.717, 1.165) is 18.6 Å². The maximum absolute atomic E-state index is 12.0. The monoisotopic (exact) mass is 363 g/mol. The highest BCUT2D eigenvalue weighted by Crippen LogP contribution is 2.17. The minimum atomic E-state index is -2.70. The van der Waals surface area contributed by atoms with Crippen LogP contribution in [0.3, 0.4) is 0 Å². The van der Waals surface area contributed by atoms with Crippen LogP contribution < -0.4 is 20.1 Å². The first-order valence-corrected chi connectivity index (χ1v) is 9.06. The number of nitrogens with one attached hydrogen (secondary N) is 3. The Hall–Kier alpha value is -2.74. The van der Waals surface area contributed by atoms with Gasteiger partial charge in [-0.3, -0.25) is 4.72 Å². The number of urea groups is 1. The largest absolute Gasteiger partial charge is 0.494 e. The summed E-state index contributed by atoms with van der Waals surface area (Å²) in [7, 11) is -2.70. The fraction of sp³-hybridized carbons (Fsp3) is 0.235. The number of carbonyl (C=O) groups excluding carboxylic acids is 1. The molecule has 0 heterocycles. The molecule has 3 N–H and O–H groups in total. The minimum Gasteiger partial charge on any atom is -0.494 e. The van der Waals surface area contributed by atoms with Gasteiger partial charge in [-0.25, -0.2) is 13.2 Å². The number of unbranched alkanes of at least 4 members (excludes halogenated alkanes) is 1. The van der Waals surface area contributed by atoms with Gasteiger partial charge in [-0.1, -0.05) is 13.3 Å². The fourth-order valence-electron chi connectivity index (χ4n) is 2.00. The Morgan fingerprint density at radius 1 is 0.920 bits per heavy atom. The van der Waals surface area contributed by atoms with Crippen molar-refractivity contribution < 1.29 is 17.9 Å². The molecule has 0 aromatic heterocycles. The summed E-state index contributed by atoms with van der Waals surface area (Å²) in [6.07, 6.45) is 2.08. The third-order valence-corrected chi connectivity index (χ3v) is 3.68. The molecule has 0 bridgehead atoms. The molecule has 134 valence electrons. The predicted octanol–water partition coefficient (Wildman–Crippen LogP) is 3.45. The molecule has 8 heteroatoms. The normalized spacial score (nSPS) is 10.3. The van der Waals surface area contributed by atoms with Crippen molar-refractivity contribution in [1.82, 2.24) is 0 Å². The van der Waals surface area contributed by atoms with E-state index >= 15 is 0 Å². The van der Waals surface area contributed by atoms with E-state index in [1.807, 2.05) is 0 Å². The van der Waals surface area contributed by atoms with Gasteiger partial charge in [-0.05, 0) is 55.0 Å². The van der Waals surface area contributed by atoms with E-state index in [4.69, 9.17) is 4.74 Å². The van der Waals surface area contributed by atoms with Crippen LogP contribution in [0.1, 0.15) is 19.8 Å². The number of hydrogen-bond donors (Lipinski definition) is 4. The smallest absolute Gasteiger partial charge is 0.323 e. The molecule has 0 fully saturated rings. The van der Waals surface area contributed by atoms with E-state index in [-0.39, 0.29) is 0 Å². The van der Waals surface area contributed by atoms with E-state index < -0.39 is 16.9 Å². The third-order valence-electron chi connectivity index (χ3n) is 3.24. The van der Waals surface area contributed by atoms with Gasteiger partial charge >= 0.3 is 6.03 Å². The van der Waals surface area contributed by atoms with Crippen LogP contribution in [0.2, 0.25) is 0 Å². The molecule has 0 atom stereocenters. The summed E-state index contributed by atoms with van der Waals surface area (Å²) >= 11 is 0. The van der Waals surface area contributed by atoms with Crippen LogP contribution in [0, 0.1) is 0 Å². The minimum absolute atomic E-state index is 0.393. The van der Waals surface area contributed by atoms with Crippen LogP contribution in [-0.2, 0) is 10.9 Å². The van der Waals surface area contributed by atoms with Gasteiger partial charge < -0.3 is 15.4 Å². The summed E-state index contributed by atoms with van der Waals surface area (Å²) < 4.78 is 29.0. The molecule has 0 saturated heterocycles. The summed E-state index contributed by atoms with van der Waals surface area (Å²) in [6, 6.07) is 13.1. The fourth-order valence-corrected chi connectivity index (χ4v) is 2.36. The lowest BCUT2D eigenvalue weighted by atomic mass is 10.3. The van der Waals surface area contributed by atoms with Crippen molar-refractivity contribution in [2.75, 3.05) is 22.0 Å². The first-order valence-electron chi connectivity index (χ1n) is 7.89. The second-order valence-electron chi connectivity index (χ2n) is 5.25. The number of anilines is 3. The molecule has 0 aliphatic rings. The molecule has 25 heavy (non-hydrogen) atoms. The molecule has 0 aliphatic carbocycles. The standard InChI is InChI=1S/C17H21N3O4S/c1-2-3-12-24-16-10-8-14(9-11-16)19-17(21)18-13-4-6-15(7-5-13)20-25(22)23/h4-11,25H,2-3,12H2,1H3,(H2,18,19,21)(H,20,22,23). The lowest BCUT2D eigenvalue weighted by molar-refractivity contribution is 0.262. The molecular formula is C17H21N3O4S. The van der Waals surface area contributed by atoms with Crippen LogP contribution in [0.5, 0.6) is 5.75 Å². The molecule has 0 unspecified atom stereocenters. The van der Waals surface area contributed by atoms with Gasteiger partial charge in [0.25, 0.3) is 0 Å². The van der Waals surface area contributed by atoms with Gasteiger partial charge in [0.2, 0.25) is 10.9 Å². The number of carbonyl (C=O) groups is 1. The van der Waals surface area contributed by atoms with E-state index in [0.29, 0.717) is 23.7 Å². The van der Waals surface area contributed by atoms with Gasteiger partial charge in [0.15, 0.2) is 0 Å². The van der Waals surface area contributed by atoms with Crippen molar-refractivity contribution in [1.29, 1.82) is 0 Å². The number of rotatable bonds is 8. The Morgan fingerprint density at radius 3 is 1.96 bits per heavy atom. The molecule has 2 aromatic rings. The maximum Gasteiger partial charge on any atom is 0.323 e. The van der Waals surface area contributed by atoms with Crippen molar-refractivity contribution in [3.8, 4) is 5.75 Å². The zero-order chi connectivity index (χ0) is 18.1. The molecule has 0 radical (unpaired) electrons. The summed E-state index contributed by atoms with van der Waals surface area (Å²) in [5, 5.41) is 5.38. The number of ether oxygens (including phenoxy) is 1. The van der Waals surface area contributed by atoms with Crippen LogP contribution in [0.25, 0.3) is 0 Å². The molecule has 2 aromatic carbocycles. The lowest BCUT2D eigenvalue weighted by Crippen LogP contribution is -2.19. The third kappa shape index (κ3) is 6.72. The zero-order valence-corrected chi connectivity index (χ0v) is 14.7. The van der Waals surface area contributed by atoms with Crippen molar-refractivity contribution in [2.45, 2.75) is 19.8 Å². The van der Waals surface area contributed by atoms with Crippen molar-refractivity contribution in [2.24, 2.45) is 0 Å². The Labute approximate surface area is 148 Å². The van der Waals surface area contributed by atoms with Gasteiger partial charge in [-0.15, -0.1) is 0 Å². The summed E-state index contributed by atoms with van der Waals surface area (Å²) in [6.45, 7) is 2.78. The predicted molar refractivity (Wildman–Crippen MR) is 99.9 cm³/mol. The number of benzene rings is 2. The highest BCUT2D eigenvalue weighted by molar-refractivity contribution is 7.73. The Bertz CT molecular complexity index is 750. The first kappa shape index (κ1) is 18.6. The first-order chi connectivity index (χ1) is 12.1. The molecule has 2 rings (SSSR count). The second-order valence-corrected chi connectivity index (χ2v) is 5.99. The van der Waals surface area contributed by atoms with E-state index in [2.05, 4.69) is 22.3 Å². The van der Waals surface area contributed by atoms with Crippen LogP contribution >= 0.6 is 0 Å². The van der Waals surface area contributed by atoms with E-state index in [9.17, 15) is 13.2 Å². The summed E-state index contributed by atoms with van der Waals surface area (Å²) in [5.74, 6) is 0.763. The number of hydrogen-bond acceptors (Lipinski definition) is 4. The van der Waals surface area contributed by atoms with Gasteiger partial charge in [0, 0.05) is 17.1 Å². The Kier molecular flexibility index (Phi) is 7.09. The summed E-state index contributed by atoms with van der Waals surface area (Å²) in [4.78, 5) is 12.0. The molecule has 7 nitrogen and oxygen atoms in total. The Balaban J connectivity index is 1.85. The highest BCUT2D eigenvalue weighted by atomic mass is 32.2. The van der Waals surface area contributed by atoms with Crippen molar-refractivity contribution in [3.63, 3.8) is 0 Å². The van der Waals surface area contributed by atoms with Gasteiger partial charge in [0.05, 0.1) is 6.61 Å². The molecule has 0 spiro atoms. The van der Waals surface area contributed by atoms with Crippen LogP contribution in [0.15, 0.2) is 48.5 Å². The zero-order valence-electron chi connectivity index (χ0n) is 13.8. The average molecular weight is 363 g/mol. The lowest BCUT2D eigenvalue weighted by Gasteiger charge is -2.09. The molecule has 2 amide bonds. The highest BCUT2D eigenvalue weighted by Gasteiger charge is 2.03.